The van der Waals surface area contributed by atoms with Gasteiger partial charge in [-0.3, -0.25) is 5.43 Å². The van der Waals surface area contributed by atoms with Crippen molar-refractivity contribution in [2.45, 2.75) is 19.9 Å². The van der Waals surface area contributed by atoms with Gasteiger partial charge in [-0.15, -0.1) is 0 Å². The number of hydrazine groups is 1. The maximum absolute atomic E-state index is 13.2. The lowest BCUT2D eigenvalue weighted by molar-refractivity contribution is 0.632. The van der Waals surface area contributed by atoms with Crippen LogP contribution in [0.3, 0.4) is 0 Å². The number of para-hydroxylation sites is 1. The fourth-order valence-corrected chi connectivity index (χ4v) is 1.05. The summed E-state index contributed by atoms with van der Waals surface area (Å²) in [5.74, 6) is 5.25. The molecule has 0 unspecified atom stereocenters. The Labute approximate surface area is 88.4 Å². The Balaban J connectivity index is 2.80. The Kier molecular flexibility index (Phi) is 4.05. The van der Waals surface area contributed by atoms with Crippen LogP contribution in [0.2, 0.25) is 0 Å². The van der Waals surface area contributed by atoms with Crippen molar-refractivity contribution in [1.82, 2.24) is 5.43 Å². The van der Waals surface area contributed by atoms with E-state index in [1.807, 2.05) is 13.8 Å². The van der Waals surface area contributed by atoms with Gasteiger partial charge in [-0.2, -0.15) is 0 Å². The normalized spacial score (nSPS) is 11.7. The molecule has 0 amide bonds. The second-order valence-corrected chi connectivity index (χ2v) is 3.32. The molecule has 0 saturated carbocycles. The molecule has 0 fully saturated rings. The predicted molar refractivity (Wildman–Crippen MR) is 59.9 cm³/mol. The molecule has 0 heterocycles. The van der Waals surface area contributed by atoms with Crippen LogP contribution >= 0.6 is 0 Å². The van der Waals surface area contributed by atoms with Crippen LogP contribution in [0.5, 0.6) is 0 Å². The van der Waals surface area contributed by atoms with Gasteiger partial charge in [0, 0.05) is 6.04 Å². The molecule has 0 spiro atoms. The van der Waals surface area contributed by atoms with Crippen LogP contribution in [0.4, 0.5) is 10.1 Å². The van der Waals surface area contributed by atoms with E-state index in [-0.39, 0.29) is 11.9 Å². The first kappa shape index (κ1) is 11.5. The Morgan fingerprint density at radius 2 is 2.07 bits per heavy atom. The fourth-order valence-electron chi connectivity index (χ4n) is 1.05. The van der Waals surface area contributed by atoms with Crippen LogP contribution in [0, 0.1) is 5.82 Å². The van der Waals surface area contributed by atoms with Gasteiger partial charge < -0.3 is 5.32 Å². The van der Waals surface area contributed by atoms with E-state index in [1.165, 1.54) is 6.07 Å². The number of nitrogens with zero attached hydrogens (tertiary/aromatic N) is 1. The molecular formula is C10H15FN4. The van der Waals surface area contributed by atoms with Gasteiger partial charge in [-0.25, -0.2) is 15.2 Å². The van der Waals surface area contributed by atoms with Crippen molar-refractivity contribution in [2.24, 2.45) is 10.8 Å². The summed E-state index contributed by atoms with van der Waals surface area (Å²) in [6, 6.07) is 6.41. The molecule has 4 nitrogen and oxygen atoms in total. The molecule has 82 valence electrons. The van der Waals surface area contributed by atoms with Crippen LogP contribution in [-0.2, 0) is 0 Å². The maximum atomic E-state index is 13.2. The molecule has 15 heavy (non-hydrogen) atoms. The Bertz CT molecular complexity index is 349. The lowest BCUT2D eigenvalue weighted by Gasteiger charge is -2.10. The third kappa shape index (κ3) is 3.55. The number of halogens is 1. The zero-order chi connectivity index (χ0) is 11.3. The van der Waals surface area contributed by atoms with E-state index >= 15 is 0 Å². The summed E-state index contributed by atoms with van der Waals surface area (Å²) < 4.78 is 13.2. The number of hydrogen-bond donors (Lipinski definition) is 3. The van der Waals surface area contributed by atoms with E-state index in [2.05, 4.69) is 15.7 Å². The zero-order valence-electron chi connectivity index (χ0n) is 8.79. The fraction of sp³-hybridized carbons (Fsp3) is 0.300. The standard InChI is InChI=1S/C10H15FN4/c1-7(2)13-10(15-12)14-9-6-4-3-5-8(9)11/h3-7H,12H2,1-2H3,(H2,13,14,15). The van der Waals surface area contributed by atoms with Crippen LogP contribution < -0.4 is 16.6 Å². The highest BCUT2D eigenvalue weighted by Crippen LogP contribution is 2.11. The number of benzene rings is 1. The highest BCUT2D eigenvalue weighted by Gasteiger charge is 2.03. The molecule has 1 aromatic carbocycles. The largest absolute Gasteiger partial charge is 0.323 e. The predicted octanol–water partition coefficient (Wildman–Crippen LogP) is 1.47. The third-order valence-electron chi connectivity index (χ3n) is 1.65. The van der Waals surface area contributed by atoms with Crippen LogP contribution in [0.25, 0.3) is 0 Å². The van der Waals surface area contributed by atoms with Crippen molar-refractivity contribution in [3.8, 4) is 0 Å². The van der Waals surface area contributed by atoms with Crippen molar-refractivity contribution in [3.05, 3.63) is 30.1 Å². The monoisotopic (exact) mass is 210 g/mol. The molecule has 0 radical (unpaired) electrons. The van der Waals surface area contributed by atoms with Gasteiger partial charge in [0.05, 0.1) is 5.69 Å². The maximum Gasteiger partial charge on any atom is 0.210 e. The quantitative estimate of drug-likeness (QED) is 0.300. The summed E-state index contributed by atoms with van der Waals surface area (Å²) in [5.41, 5.74) is 2.72. The van der Waals surface area contributed by atoms with Gasteiger partial charge in [-0.1, -0.05) is 12.1 Å². The molecule has 4 N–H and O–H groups in total. The number of rotatable bonds is 2. The van der Waals surface area contributed by atoms with Crippen LogP contribution in [-0.4, -0.2) is 12.0 Å². The molecule has 0 saturated heterocycles. The molecule has 0 bridgehead atoms. The van der Waals surface area contributed by atoms with Gasteiger partial charge in [-0.05, 0) is 26.0 Å². The van der Waals surface area contributed by atoms with Crippen LogP contribution in [0.15, 0.2) is 29.3 Å². The van der Waals surface area contributed by atoms with Crippen molar-refractivity contribution < 1.29 is 4.39 Å². The van der Waals surface area contributed by atoms with Crippen molar-refractivity contribution in [2.75, 3.05) is 5.32 Å². The zero-order valence-corrected chi connectivity index (χ0v) is 8.79. The van der Waals surface area contributed by atoms with E-state index in [1.54, 1.807) is 18.2 Å². The van der Waals surface area contributed by atoms with E-state index < -0.39 is 0 Å². The first-order chi connectivity index (χ1) is 7.13. The molecule has 0 atom stereocenters. The lowest BCUT2D eigenvalue weighted by Crippen LogP contribution is -2.37. The summed E-state index contributed by atoms with van der Waals surface area (Å²) in [7, 11) is 0. The summed E-state index contributed by atoms with van der Waals surface area (Å²) in [6.45, 7) is 3.81. The highest BCUT2D eigenvalue weighted by molar-refractivity contribution is 5.93. The highest BCUT2D eigenvalue weighted by atomic mass is 19.1. The Morgan fingerprint density at radius 3 is 2.60 bits per heavy atom. The van der Waals surface area contributed by atoms with E-state index in [4.69, 9.17) is 5.84 Å². The van der Waals surface area contributed by atoms with Gasteiger partial charge in [0.25, 0.3) is 0 Å². The minimum absolute atomic E-state index is 0.0790. The smallest absolute Gasteiger partial charge is 0.210 e. The van der Waals surface area contributed by atoms with Gasteiger partial charge in [0.2, 0.25) is 5.96 Å². The second-order valence-electron chi connectivity index (χ2n) is 3.32. The SMILES string of the molecule is CC(C)N=C(NN)Nc1ccccc1F. The third-order valence-corrected chi connectivity index (χ3v) is 1.65. The molecular weight excluding hydrogens is 195 g/mol. The van der Waals surface area contributed by atoms with Gasteiger partial charge in [0.15, 0.2) is 0 Å². The van der Waals surface area contributed by atoms with Crippen molar-refractivity contribution >= 4 is 11.6 Å². The molecule has 0 aliphatic heterocycles. The molecule has 0 aliphatic rings. The lowest BCUT2D eigenvalue weighted by atomic mass is 10.3. The minimum atomic E-state index is -0.343. The van der Waals surface area contributed by atoms with Crippen LogP contribution in [0.1, 0.15) is 13.8 Å². The average molecular weight is 210 g/mol. The first-order valence-corrected chi connectivity index (χ1v) is 4.69. The number of hydrogen-bond acceptors (Lipinski definition) is 2. The van der Waals surface area contributed by atoms with Crippen molar-refractivity contribution in [3.63, 3.8) is 0 Å². The number of guanidine groups is 1. The summed E-state index contributed by atoms with van der Waals surface area (Å²) >= 11 is 0. The second kappa shape index (κ2) is 5.31. The van der Waals surface area contributed by atoms with Gasteiger partial charge >= 0.3 is 0 Å². The topological polar surface area (TPSA) is 62.4 Å². The number of anilines is 1. The number of aliphatic imine (C=N–C) groups is 1. The van der Waals surface area contributed by atoms with E-state index in [0.29, 0.717) is 11.6 Å². The molecule has 5 heteroatoms. The molecule has 0 aliphatic carbocycles. The molecule has 0 aromatic heterocycles. The average Bonchev–Trinajstić information content (AvgIpc) is 2.19. The Morgan fingerprint density at radius 1 is 1.40 bits per heavy atom. The summed E-state index contributed by atoms with van der Waals surface area (Å²) in [5, 5.41) is 2.77. The summed E-state index contributed by atoms with van der Waals surface area (Å²) in [4.78, 5) is 4.13. The number of nitrogens with two attached hydrogens (primary N) is 1. The van der Waals surface area contributed by atoms with E-state index in [0.717, 1.165) is 0 Å². The Hall–Kier alpha value is -1.62. The molecule has 1 rings (SSSR count). The van der Waals surface area contributed by atoms with Gasteiger partial charge in [0.1, 0.15) is 5.82 Å². The summed E-state index contributed by atoms with van der Waals surface area (Å²) in [6.07, 6.45) is 0. The minimum Gasteiger partial charge on any atom is -0.323 e. The number of nitrogens with one attached hydrogen (secondary N) is 2. The van der Waals surface area contributed by atoms with Crippen molar-refractivity contribution in [1.29, 1.82) is 0 Å². The van der Waals surface area contributed by atoms with E-state index in [9.17, 15) is 4.39 Å². The molecule has 1 aromatic rings. The first-order valence-electron chi connectivity index (χ1n) is 4.69.